The summed E-state index contributed by atoms with van der Waals surface area (Å²) in [4.78, 5) is 22.4. The predicted octanol–water partition coefficient (Wildman–Crippen LogP) is 6.33. The number of nitrogens with zero attached hydrogens (tertiary/aromatic N) is 2. The van der Waals surface area contributed by atoms with Crippen molar-refractivity contribution in [1.82, 2.24) is 4.90 Å². The number of benzene rings is 2. The van der Waals surface area contributed by atoms with Crippen molar-refractivity contribution in [3.63, 3.8) is 0 Å². The van der Waals surface area contributed by atoms with Crippen LogP contribution >= 0.6 is 0 Å². The number of rotatable bonds is 17. The number of unbranched alkanes of at least 4 members (excludes halogenated alkanes) is 2. The van der Waals surface area contributed by atoms with Gasteiger partial charge in [0.15, 0.2) is 11.5 Å². The number of aromatic hydroxyl groups is 1. The summed E-state index contributed by atoms with van der Waals surface area (Å²) < 4.78 is 25.3. The second kappa shape index (κ2) is 16.5. The molecule has 0 aromatic heterocycles. The summed E-state index contributed by atoms with van der Waals surface area (Å²) in [5.41, 5.74) is 3.04. The molecule has 1 amide bonds. The van der Waals surface area contributed by atoms with E-state index in [1.54, 1.807) is 42.5 Å². The number of carbonyl (C=O) groups is 1. The van der Waals surface area contributed by atoms with Crippen molar-refractivity contribution in [2.24, 2.45) is 22.9 Å². The highest BCUT2D eigenvalue weighted by atomic mass is 16.7. The van der Waals surface area contributed by atoms with Crippen LogP contribution in [0.15, 0.2) is 65.9 Å². The van der Waals surface area contributed by atoms with Gasteiger partial charge in [0.25, 0.3) is 5.91 Å². The smallest absolute Gasteiger partial charge is 0.254 e. The molecule has 276 valence electrons. The summed E-state index contributed by atoms with van der Waals surface area (Å²) in [6, 6.07) is 9.84. The molecule has 0 saturated heterocycles. The zero-order valence-electron chi connectivity index (χ0n) is 29.8. The van der Waals surface area contributed by atoms with Crippen LogP contribution in [0.4, 0.5) is 0 Å². The van der Waals surface area contributed by atoms with Crippen molar-refractivity contribution < 1.29 is 43.9 Å². The Labute approximate surface area is 300 Å². The highest BCUT2D eigenvalue weighted by Crippen LogP contribution is 2.62. The van der Waals surface area contributed by atoms with Crippen molar-refractivity contribution in [1.29, 1.82) is 0 Å². The Balaban J connectivity index is 1.57. The van der Waals surface area contributed by atoms with E-state index < -0.39 is 17.7 Å². The monoisotopic (exact) mass is 704 g/mol. The van der Waals surface area contributed by atoms with Crippen LogP contribution < -0.4 is 14.2 Å². The highest BCUT2D eigenvalue weighted by Gasteiger charge is 2.65. The Morgan fingerprint density at radius 3 is 2.55 bits per heavy atom. The van der Waals surface area contributed by atoms with E-state index in [2.05, 4.69) is 12.7 Å². The van der Waals surface area contributed by atoms with E-state index in [1.807, 2.05) is 18.7 Å². The lowest BCUT2D eigenvalue weighted by Crippen LogP contribution is -2.70. The lowest BCUT2D eigenvalue weighted by Gasteiger charge is -2.60. The van der Waals surface area contributed by atoms with E-state index in [-0.39, 0.29) is 56.0 Å². The molecule has 6 rings (SSSR count). The van der Waals surface area contributed by atoms with E-state index >= 15 is 0 Å². The van der Waals surface area contributed by atoms with E-state index in [0.717, 1.165) is 42.5 Å². The third-order valence-electron chi connectivity index (χ3n) is 10.7. The largest absolute Gasteiger partial charge is 0.508 e. The van der Waals surface area contributed by atoms with E-state index in [9.17, 15) is 20.1 Å². The molecule has 2 aromatic carbocycles. The van der Waals surface area contributed by atoms with Crippen LogP contribution in [0, 0.1) is 17.8 Å². The van der Waals surface area contributed by atoms with Crippen molar-refractivity contribution in [3.05, 3.63) is 71.8 Å². The number of aliphatic hydroxyl groups is 2. The summed E-state index contributed by atoms with van der Waals surface area (Å²) >= 11 is 0. The van der Waals surface area contributed by atoms with Crippen LogP contribution in [0.3, 0.4) is 0 Å². The van der Waals surface area contributed by atoms with Crippen molar-refractivity contribution in [3.8, 4) is 23.0 Å². The molecule has 1 fully saturated rings. The van der Waals surface area contributed by atoms with E-state index in [1.165, 1.54) is 0 Å². The van der Waals surface area contributed by atoms with E-state index in [0.29, 0.717) is 61.6 Å². The normalized spacial score (nSPS) is 26.5. The van der Waals surface area contributed by atoms with Gasteiger partial charge in [0.1, 0.15) is 24.1 Å². The van der Waals surface area contributed by atoms with Gasteiger partial charge >= 0.3 is 0 Å². The summed E-state index contributed by atoms with van der Waals surface area (Å²) in [6.45, 7) is 9.21. The number of allylic oxidation sites excluding steroid dienone is 1. The molecule has 3 N–H and O–H groups in total. The maximum atomic E-state index is 14.8. The van der Waals surface area contributed by atoms with Gasteiger partial charge in [-0.25, -0.2) is 0 Å². The number of hydrogen-bond donors (Lipinski definition) is 3. The topological polar surface area (TPSA) is 140 Å². The van der Waals surface area contributed by atoms with Gasteiger partial charge in [-0.2, -0.15) is 0 Å². The van der Waals surface area contributed by atoms with Gasteiger partial charge in [0, 0.05) is 43.2 Å². The number of fused-ring (bicyclic) bond motifs is 3. The first kappa shape index (κ1) is 36.7. The molecule has 0 spiro atoms. The maximum absolute atomic E-state index is 14.8. The van der Waals surface area contributed by atoms with Crippen LogP contribution in [0.5, 0.6) is 23.0 Å². The summed E-state index contributed by atoms with van der Waals surface area (Å²) in [5, 5.41) is 35.1. The molecule has 0 radical (unpaired) electrons. The van der Waals surface area contributed by atoms with Gasteiger partial charge < -0.3 is 44.0 Å². The van der Waals surface area contributed by atoms with Crippen molar-refractivity contribution >= 4 is 11.6 Å². The fourth-order valence-electron chi connectivity index (χ4n) is 8.64. The molecule has 2 aliphatic carbocycles. The highest BCUT2D eigenvalue weighted by molar-refractivity contribution is 6.03. The Morgan fingerprint density at radius 1 is 1.04 bits per heavy atom. The summed E-state index contributed by atoms with van der Waals surface area (Å²) in [7, 11) is 0. The van der Waals surface area contributed by atoms with Gasteiger partial charge in [-0.1, -0.05) is 37.1 Å². The van der Waals surface area contributed by atoms with Crippen LogP contribution in [0.2, 0.25) is 0 Å². The van der Waals surface area contributed by atoms with Crippen LogP contribution in [0.1, 0.15) is 87.1 Å². The Bertz CT molecular complexity index is 1610. The van der Waals surface area contributed by atoms with Crippen LogP contribution in [0.25, 0.3) is 0 Å². The third-order valence-corrected chi connectivity index (χ3v) is 10.7. The third kappa shape index (κ3) is 7.21. The molecule has 11 nitrogen and oxygen atoms in total. The molecular formula is C40H52N2O9. The number of amides is 1. The van der Waals surface area contributed by atoms with Gasteiger partial charge in [-0.15, -0.1) is 6.58 Å². The Hall–Kier alpha value is -4.06. The van der Waals surface area contributed by atoms with Gasteiger partial charge in [-0.3, -0.25) is 4.79 Å². The second-order valence-corrected chi connectivity index (χ2v) is 13.8. The molecule has 2 aromatic rings. The van der Waals surface area contributed by atoms with Crippen LogP contribution in [-0.4, -0.2) is 83.4 Å². The molecule has 2 aliphatic heterocycles. The number of phenolic OH excluding ortho intramolecular Hbond substituents is 1. The minimum absolute atomic E-state index is 0.0800. The lowest BCUT2D eigenvalue weighted by molar-refractivity contribution is -0.254. The number of phenols is 1. The van der Waals surface area contributed by atoms with Gasteiger partial charge in [-0.05, 0) is 92.8 Å². The van der Waals surface area contributed by atoms with Crippen molar-refractivity contribution in [2.45, 2.75) is 83.0 Å². The molecule has 0 bridgehead atoms. The average molecular weight is 705 g/mol. The first-order chi connectivity index (χ1) is 24.9. The lowest BCUT2D eigenvalue weighted by atomic mass is 9.55. The zero-order valence-corrected chi connectivity index (χ0v) is 29.8. The maximum Gasteiger partial charge on any atom is 0.254 e. The molecule has 51 heavy (non-hydrogen) atoms. The second-order valence-electron chi connectivity index (χ2n) is 13.8. The minimum Gasteiger partial charge on any atom is -0.508 e. The molecule has 0 unspecified atom stereocenters. The van der Waals surface area contributed by atoms with Gasteiger partial charge in [0.2, 0.25) is 12.6 Å². The number of carbonyl (C=O) groups excluding carboxylic acids is 1. The number of hydrogen-bond acceptors (Lipinski definition) is 10. The fraction of sp³-hybridized carbons (Fsp3) is 0.550. The molecular weight excluding hydrogens is 652 g/mol. The SMILES string of the molecule is C=CCO[C@@]12Oc3ccc(O)cc3[C@H]3[C@H](CCCCO)[C@@H](CCCCO)C=C(C(=NOCC)C[C@@H]1N(CCC)C(=O)c1ccc4c(c1)OCO4)[C@H]32. The van der Waals surface area contributed by atoms with Gasteiger partial charge in [0.05, 0.1) is 18.2 Å². The molecule has 1 saturated carbocycles. The first-order valence-corrected chi connectivity index (χ1v) is 18.5. The molecule has 2 heterocycles. The fourth-order valence-corrected chi connectivity index (χ4v) is 8.64. The zero-order chi connectivity index (χ0) is 36.0. The van der Waals surface area contributed by atoms with Crippen molar-refractivity contribution in [2.75, 3.05) is 39.8 Å². The first-order valence-electron chi connectivity index (χ1n) is 18.5. The molecule has 4 aliphatic rings. The quantitative estimate of drug-likeness (QED) is 0.0980. The van der Waals surface area contributed by atoms with E-state index in [4.69, 9.17) is 28.9 Å². The Morgan fingerprint density at radius 2 is 1.80 bits per heavy atom. The molecule has 6 atom stereocenters. The summed E-state index contributed by atoms with van der Waals surface area (Å²) in [6.07, 6.45) is 9.69. The molecule has 11 heteroatoms. The van der Waals surface area contributed by atoms with Crippen LogP contribution in [-0.2, 0) is 9.57 Å². The predicted molar refractivity (Wildman–Crippen MR) is 192 cm³/mol. The minimum atomic E-state index is -1.35. The number of oxime groups is 1. The standard InChI is InChI=1S/C40H52N2O9/c1-4-17-42(39(46)27-13-15-34-35(22-27)48-25-47-34)36-24-32(41-50-6-3)30-21-26(11-7-9-18-43)29(12-8-10-19-44)37-31-23-28(45)14-16-33(31)51-40(36,38(30)37)49-20-5-2/h5,13-16,21-23,26,29,36-38,43-45H,2,4,6-12,17-20,24-25H2,1,3H3/t26-,29+,36-,37+,38+,40+/m0/s1. The Kier molecular flexibility index (Phi) is 11.9. The number of ether oxygens (including phenoxy) is 4. The number of aliphatic hydroxyl groups excluding tert-OH is 2. The average Bonchev–Trinajstić information content (AvgIpc) is 3.62. The summed E-state index contributed by atoms with van der Waals surface area (Å²) in [5.74, 6) is -0.120.